The Morgan fingerprint density at radius 1 is 0.778 bits per heavy atom. The summed E-state index contributed by atoms with van der Waals surface area (Å²) in [6.07, 6.45) is -0.974. The fourth-order valence-electron chi connectivity index (χ4n) is 5.24. The molecule has 180 valence electrons. The number of amides is 2. The van der Waals surface area contributed by atoms with Crippen molar-refractivity contribution < 1.29 is 23.9 Å². The quantitative estimate of drug-likeness (QED) is 0.378. The number of anilines is 2. The van der Waals surface area contributed by atoms with Gasteiger partial charge in [-0.2, -0.15) is 0 Å². The van der Waals surface area contributed by atoms with Crippen LogP contribution in [0.15, 0.2) is 91.0 Å². The van der Waals surface area contributed by atoms with Crippen molar-refractivity contribution in [3.63, 3.8) is 0 Å². The Morgan fingerprint density at radius 3 is 2.31 bits per heavy atom. The first kappa shape index (κ1) is 22.1. The maximum Gasteiger partial charge on any atom is 0.266 e. The largest absolute Gasteiger partial charge is 0.497 e. The van der Waals surface area contributed by atoms with E-state index in [0.717, 1.165) is 16.5 Å². The van der Waals surface area contributed by atoms with E-state index >= 15 is 0 Å². The number of hydroxylamine groups is 1. The third-order valence-electron chi connectivity index (χ3n) is 6.89. The molecule has 4 aromatic rings. The molecule has 2 amide bonds. The number of carbonyl (C=O) groups excluding carboxylic acids is 2. The molecule has 4 aromatic carbocycles. The average molecular weight is 481 g/mol. The zero-order chi connectivity index (χ0) is 24.8. The monoisotopic (exact) mass is 480 g/mol. The predicted molar refractivity (Wildman–Crippen MR) is 136 cm³/mol. The van der Waals surface area contributed by atoms with Crippen molar-refractivity contribution in [2.24, 2.45) is 5.92 Å². The van der Waals surface area contributed by atoms with E-state index in [1.807, 2.05) is 72.8 Å². The minimum atomic E-state index is -0.974. The number of carbonyl (C=O) groups is 2. The van der Waals surface area contributed by atoms with Crippen molar-refractivity contribution in [1.82, 2.24) is 0 Å². The maximum absolute atomic E-state index is 14.1. The van der Waals surface area contributed by atoms with Crippen LogP contribution in [0.1, 0.15) is 11.6 Å². The molecule has 2 aliphatic rings. The van der Waals surface area contributed by atoms with Crippen LogP contribution in [0.2, 0.25) is 0 Å². The Bertz CT molecular complexity index is 1470. The Morgan fingerprint density at radius 2 is 1.53 bits per heavy atom. The Balaban J connectivity index is 1.50. The van der Waals surface area contributed by atoms with Crippen molar-refractivity contribution in [3.05, 3.63) is 96.6 Å². The van der Waals surface area contributed by atoms with Crippen LogP contribution in [0.3, 0.4) is 0 Å². The first-order chi connectivity index (χ1) is 17.6. The van der Waals surface area contributed by atoms with Crippen LogP contribution in [-0.4, -0.2) is 32.1 Å². The molecular formula is C29H24N2O5. The second-order valence-electron chi connectivity index (χ2n) is 8.78. The molecule has 0 spiro atoms. The summed E-state index contributed by atoms with van der Waals surface area (Å²) in [6.45, 7) is 0. The van der Waals surface area contributed by atoms with Gasteiger partial charge in [-0.05, 0) is 41.8 Å². The van der Waals surface area contributed by atoms with Crippen LogP contribution in [0.25, 0.3) is 10.8 Å². The molecule has 0 saturated carbocycles. The van der Waals surface area contributed by atoms with Crippen molar-refractivity contribution in [2.45, 2.75) is 12.1 Å². The number of rotatable bonds is 5. The molecule has 0 aromatic heterocycles. The van der Waals surface area contributed by atoms with Gasteiger partial charge in [-0.3, -0.25) is 14.4 Å². The lowest BCUT2D eigenvalue weighted by Gasteiger charge is -2.30. The molecule has 0 radical (unpaired) electrons. The van der Waals surface area contributed by atoms with Gasteiger partial charge in [0.15, 0.2) is 6.10 Å². The number of methoxy groups -OCH3 is 2. The molecule has 7 heteroatoms. The lowest BCUT2D eigenvalue weighted by molar-refractivity contribution is -0.126. The number of imide groups is 1. The number of benzene rings is 4. The molecule has 3 atom stereocenters. The predicted octanol–water partition coefficient (Wildman–Crippen LogP) is 4.91. The second-order valence-corrected chi connectivity index (χ2v) is 8.78. The summed E-state index contributed by atoms with van der Waals surface area (Å²) in [6, 6.07) is 27.6. The Labute approximate surface area is 208 Å². The SMILES string of the molecule is COc1ccc(OC)c([C@@H]2[C@@H]3C(=O)N(c4cccc5ccccc45)C(=O)[C@H]3ON2c2ccccc2)c1. The van der Waals surface area contributed by atoms with Gasteiger partial charge in [-0.25, -0.2) is 9.96 Å². The maximum atomic E-state index is 14.1. The number of hydrogen-bond donors (Lipinski definition) is 0. The van der Waals surface area contributed by atoms with E-state index in [1.165, 1.54) is 4.90 Å². The fourth-order valence-corrected chi connectivity index (χ4v) is 5.24. The van der Waals surface area contributed by atoms with E-state index in [1.54, 1.807) is 37.5 Å². The highest BCUT2D eigenvalue weighted by Gasteiger charge is 2.61. The fraction of sp³-hybridized carbons (Fsp3) is 0.172. The minimum absolute atomic E-state index is 0.311. The van der Waals surface area contributed by atoms with Crippen LogP contribution >= 0.6 is 0 Å². The standard InChI is InChI=1S/C29H24N2O5/c1-34-20-15-16-24(35-2)22(17-20)26-25-27(36-31(26)19-11-4-3-5-12-19)29(33)30(28(25)32)23-14-8-10-18-9-6-7-13-21(18)23/h3-17,25-27H,1-2H3/t25-,26+,27-/m0/s1. The zero-order valence-corrected chi connectivity index (χ0v) is 19.8. The summed E-state index contributed by atoms with van der Waals surface area (Å²) in [5.41, 5.74) is 2.00. The van der Waals surface area contributed by atoms with Gasteiger partial charge >= 0.3 is 0 Å². The summed E-state index contributed by atoms with van der Waals surface area (Å²) >= 11 is 0. The van der Waals surface area contributed by atoms with E-state index < -0.39 is 18.1 Å². The highest BCUT2D eigenvalue weighted by molar-refractivity contribution is 6.26. The number of para-hydroxylation sites is 1. The van der Waals surface area contributed by atoms with Crippen LogP contribution in [-0.2, 0) is 14.4 Å². The third-order valence-corrected chi connectivity index (χ3v) is 6.89. The molecule has 36 heavy (non-hydrogen) atoms. The average Bonchev–Trinajstić information content (AvgIpc) is 3.44. The number of ether oxygens (including phenoxy) is 2. The summed E-state index contributed by atoms with van der Waals surface area (Å²) < 4.78 is 11.1. The summed E-state index contributed by atoms with van der Waals surface area (Å²) in [4.78, 5) is 35.4. The molecule has 2 aliphatic heterocycles. The van der Waals surface area contributed by atoms with E-state index in [9.17, 15) is 9.59 Å². The summed E-state index contributed by atoms with van der Waals surface area (Å²) in [7, 11) is 3.16. The van der Waals surface area contributed by atoms with Gasteiger partial charge in [0.05, 0.1) is 25.6 Å². The summed E-state index contributed by atoms with van der Waals surface area (Å²) in [5.74, 6) is -0.279. The molecule has 0 aliphatic carbocycles. The van der Waals surface area contributed by atoms with Crippen LogP contribution in [0, 0.1) is 5.92 Å². The molecule has 2 heterocycles. The smallest absolute Gasteiger partial charge is 0.266 e. The van der Waals surface area contributed by atoms with E-state index in [4.69, 9.17) is 14.3 Å². The molecule has 7 nitrogen and oxygen atoms in total. The lowest BCUT2D eigenvalue weighted by atomic mass is 9.89. The summed E-state index contributed by atoms with van der Waals surface area (Å²) in [5, 5.41) is 3.44. The number of hydrogen-bond acceptors (Lipinski definition) is 6. The van der Waals surface area contributed by atoms with Crippen LogP contribution < -0.4 is 19.4 Å². The number of nitrogens with zero attached hydrogens (tertiary/aromatic N) is 2. The van der Waals surface area contributed by atoms with E-state index in [0.29, 0.717) is 22.7 Å². The first-order valence-corrected chi connectivity index (χ1v) is 11.7. The third kappa shape index (κ3) is 3.31. The highest BCUT2D eigenvalue weighted by Crippen LogP contribution is 2.50. The highest BCUT2D eigenvalue weighted by atomic mass is 16.7. The van der Waals surface area contributed by atoms with Gasteiger partial charge in [-0.15, -0.1) is 0 Å². The second kappa shape index (κ2) is 8.70. The van der Waals surface area contributed by atoms with Gasteiger partial charge in [0.1, 0.15) is 23.5 Å². The molecular weight excluding hydrogens is 456 g/mol. The Hall–Kier alpha value is -4.36. The van der Waals surface area contributed by atoms with Crippen molar-refractivity contribution in [3.8, 4) is 11.5 Å². The molecule has 6 rings (SSSR count). The van der Waals surface area contributed by atoms with Crippen molar-refractivity contribution >= 4 is 34.0 Å². The topological polar surface area (TPSA) is 68.3 Å². The zero-order valence-electron chi connectivity index (χ0n) is 19.8. The molecule has 0 N–H and O–H groups in total. The van der Waals surface area contributed by atoms with E-state index in [-0.39, 0.29) is 11.8 Å². The molecule has 2 saturated heterocycles. The van der Waals surface area contributed by atoms with Crippen molar-refractivity contribution in [2.75, 3.05) is 24.2 Å². The van der Waals surface area contributed by atoms with Crippen LogP contribution in [0.5, 0.6) is 11.5 Å². The van der Waals surface area contributed by atoms with Gasteiger partial charge in [-0.1, -0.05) is 54.6 Å². The lowest BCUT2D eigenvalue weighted by Crippen LogP contribution is -2.37. The first-order valence-electron chi connectivity index (χ1n) is 11.7. The Kier molecular flexibility index (Phi) is 5.34. The van der Waals surface area contributed by atoms with Crippen LogP contribution in [0.4, 0.5) is 11.4 Å². The van der Waals surface area contributed by atoms with Gasteiger partial charge in [0, 0.05) is 10.9 Å². The normalized spacial score (nSPS) is 21.2. The van der Waals surface area contributed by atoms with Crippen molar-refractivity contribution in [1.29, 1.82) is 0 Å². The van der Waals surface area contributed by atoms with Gasteiger partial charge < -0.3 is 9.47 Å². The van der Waals surface area contributed by atoms with Gasteiger partial charge in [0.25, 0.3) is 5.91 Å². The molecule has 0 bridgehead atoms. The number of fused-ring (bicyclic) bond motifs is 2. The van der Waals surface area contributed by atoms with Gasteiger partial charge in [0.2, 0.25) is 5.91 Å². The molecule has 2 fully saturated rings. The minimum Gasteiger partial charge on any atom is -0.497 e. The molecule has 0 unspecified atom stereocenters. The van der Waals surface area contributed by atoms with E-state index in [2.05, 4.69) is 0 Å².